The Hall–Kier alpha value is -4.70. The average Bonchev–Trinajstić information content (AvgIpc) is 3.81. The smallest absolute Gasteiger partial charge is 0.410 e. The van der Waals surface area contributed by atoms with Crippen molar-refractivity contribution < 1.29 is 23.9 Å². The largest absolute Gasteiger partial charge is 0.445 e. The van der Waals surface area contributed by atoms with Crippen LogP contribution in [-0.2, 0) is 20.9 Å². The lowest BCUT2D eigenvalue weighted by molar-refractivity contribution is -0.137. The van der Waals surface area contributed by atoms with Crippen LogP contribution in [0.4, 0.5) is 9.59 Å². The van der Waals surface area contributed by atoms with E-state index >= 15 is 0 Å². The van der Waals surface area contributed by atoms with Gasteiger partial charge in [-0.3, -0.25) is 4.79 Å². The number of fused-ring (bicyclic) bond motifs is 1. The van der Waals surface area contributed by atoms with Crippen LogP contribution in [0.1, 0.15) is 64.5 Å². The monoisotopic (exact) mass is 694 g/mol. The van der Waals surface area contributed by atoms with E-state index in [-0.39, 0.29) is 30.5 Å². The van der Waals surface area contributed by atoms with Gasteiger partial charge in [-0.25, -0.2) is 14.6 Å². The van der Waals surface area contributed by atoms with Crippen LogP contribution in [0.5, 0.6) is 0 Å². The van der Waals surface area contributed by atoms with Crippen LogP contribution in [0.25, 0.3) is 21.7 Å². The lowest BCUT2D eigenvalue weighted by atomic mass is 9.85. The van der Waals surface area contributed by atoms with Crippen molar-refractivity contribution >= 4 is 29.4 Å². The summed E-state index contributed by atoms with van der Waals surface area (Å²) in [5.74, 6) is -0.480. The first-order valence-electron chi connectivity index (χ1n) is 17.2. The van der Waals surface area contributed by atoms with Crippen LogP contribution in [0.3, 0.4) is 0 Å². The number of amides is 3. The number of hydrogen-bond acceptors (Lipinski definition) is 7. The van der Waals surface area contributed by atoms with E-state index in [2.05, 4.69) is 29.6 Å². The average molecular weight is 695 g/mol. The molecule has 3 heterocycles. The van der Waals surface area contributed by atoms with Gasteiger partial charge >= 0.3 is 12.2 Å². The molecule has 0 bridgehead atoms. The lowest BCUT2D eigenvalue weighted by Gasteiger charge is -2.37. The molecule has 0 radical (unpaired) electrons. The highest BCUT2D eigenvalue weighted by molar-refractivity contribution is 7.15. The van der Waals surface area contributed by atoms with Gasteiger partial charge in [0.1, 0.15) is 23.3 Å². The number of carbonyl (C=O) groups is 3. The molecule has 3 aromatic carbocycles. The van der Waals surface area contributed by atoms with Crippen molar-refractivity contribution in [3.05, 3.63) is 102 Å². The number of rotatable bonds is 7. The predicted molar refractivity (Wildman–Crippen MR) is 196 cm³/mol. The second-order valence-electron chi connectivity index (χ2n) is 15.1. The Morgan fingerprint density at radius 1 is 0.860 bits per heavy atom. The highest BCUT2D eigenvalue weighted by Gasteiger charge is 2.55. The van der Waals surface area contributed by atoms with Gasteiger partial charge in [-0.1, -0.05) is 112 Å². The van der Waals surface area contributed by atoms with E-state index < -0.39 is 29.2 Å². The van der Waals surface area contributed by atoms with E-state index in [4.69, 9.17) is 14.5 Å². The molecule has 3 amide bonds. The molecule has 2 aliphatic heterocycles. The molecule has 6 rings (SSSR count). The van der Waals surface area contributed by atoms with E-state index in [0.29, 0.717) is 19.5 Å². The molecule has 262 valence electrons. The number of nitrogens with zero attached hydrogens (tertiary/aromatic N) is 3. The Kier molecular flexibility index (Phi) is 10.0. The molecule has 1 N–H and O–H groups in total. The number of ether oxygens (including phenoxy) is 2. The molecule has 4 aromatic rings. The van der Waals surface area contributed by atoms with Crippen molar-refractivity contribution in [1.82, 2.24) is 20.1 Å². The lowest BCUT2D eigenvalue weighted by Crippen LogP contribution is -2.57. The number of benzene rings is 3. The fourth-order valence-electron chi connectivity index (χ4n) is 6.89. The minimum atomic E-state index is -0.855. The van der Waals surface area contributed by atoms with Crippen molar-refractivity contribution in [2.75, 3.05) is 13.1 Å². The zero-order chi connectivity index (χ0) is 35.6. The van der Waals surface area contributed by atoms with Crippen LogP contribution >= 0.6 is 11.3 Å². The maximum absolute atomic E-state index is 14.6. The first-order chi connectivity index (χ1) is 23.8. The van der Waals surface area contributed by atoms with E-state index in [1.165, 1.54) is 0 Å². The number of carbonyl (C=O) groups excluding carboxylic acids is 3. The molecule has 50 heavy (non-hydrogen) atoms. The third-order valence-corrected chi connectivity index (χ3v) is 10.4. The summed E-state index contributed by atoms with van der Waals surface area (Å²) in [5.41, 5.74) is 2.49. The molecule has 2 fully saturated rings. The van der Waals surface area contributed by atoms with E-state index in [9.17, 15) is 14.4 Å². The third-order valence-electron chi connectivity index (χ3n) is 9.17. The molecule has 0 saturated carbocycles. The first kappa shape index (κ1) is 35.1. The molecule has 10 heteroatoms. The Labute approximate surface area is 298 Å². The second-order valence-corrected chi connectivity index (χ2v) is 16.1. The van der Waals surface area contributed by atoms with Gasteiger partial charge < -0.3 is 24.6 Å². The van der Waals surface area contributed by atoms with Gasteiger partial charge in [-0.2, -0.15) is 0 Å². The Bertz CT molecular complexity index is 1740. The van der Waals surface area contributed by atoms with Crippen molar-refractivity contribution in [3.8, 4) is 21.7 Å². The van der Waals surface area contributed by atoms with E-state index in [0.717, 1.165) is 32.3 Å². The van der Waals surface area contributed by atoms with E-state index in [1.54, 1.807) is 37.0 Å². The number of nitrogens with one attached hydrogen (secondary N) is 1. The van der Waals surface area contributed by atoms with Crippen LogP contribution in [0, 0.1) is 5.41 Å². The Balaban J connectivity index is 1.37. The molecule has 4 atom stereocenters. The molecule has 1 aromatic heterocycles. The highest BCUT2D eigenvalue weighted by Crippen LogP contribution is 2.47. The third kappa shape index (κ3) is 7.70. The summed E-state index contributed by atoms with van der Waals surface area (Å²) in [6.07, 6.45) is -0.474. The van der Waals surface area contributed by atoms with Crippen LogP contribution in [0.2, 0.25) is 0 Å². The van der Waals surface area contributed by atoms with Crippen molar-refractivity contribution in [3.63, 3.8) is 0 Å². The van der Waals surface area contributed by atoms with Gasteiger partial charge in [0.2, 0.25) is 5.91 Å². The SMILES string of the molecule is CC(C)(C)OC(=O)NC(C(=O)N1CCC2C1C(c1nc(-c3ccccc3)c(-c3ccccc3)s1)CN2C(=O)OCc1ccccc1)C(C)(C)C. The van der Waals surface area contributed by atoms with Crippen molar-refractivity contribution in [1.29, 1.82) is 0 Å². The number of alkyl carbamates (subject to hydrolysis) is 1. The Morgan fingerprint density at radius 2 is 1.46 bits per heavy atom. The van der Waals surface area contributed by atoms with Crippen molar-refractivity contribution in [2.45, 2.75) is 84.2 Å². The van der Waals surface area contributed by atoms with Crippen LogP contribution in [-0.4, -0.2) is 69.7 Å². The molecule has 2 saturated heterocycles. The summed E-state index contributed by atoms with van der Waals surface area (Å²) in [6.45, 7) is 12.1. The van der Waals surface area contributed by atoms with Crippen LogP contribution < -0.4 is 5.32 Å². The topological polar surface area (TPSA) is 101 Å². The second kappa shape index (κ2) is 14.3. The predicted octanol–water partition coefficient (Wildman–Crippen LogP) is 8.12. The first-order valence-corrected chi connectivity index (χ1v) is 18.0. The number of thiazole rings is 1. The van der Waals surface area contributed by atoms with Crippen molar-refractivity contribution in [2.24, 2.45) is 5.41 Å². The fraction of sp³-hybridized carbons (Fsp3) is 0.400. The van der Waals surface area contributed by atoms with E-state index in [1.807, 2.05) is 92.4 Å². The summed E-state index contributed by atoms with van der Waals surface area (Å²) < 4.78 is 11.4. The standard InChI is InChI=1S/C40H46N4O5S/c1-39(2,3)34(42-37(46)49-40(4,5)6)36(45)43-23-22-30-32(43)29(24-44(30)38(47)48-25-26-16-10-7-11-17-26)35-41-31(27-18-12-8-13-19-27)33(50-35)28-20-14-9-15-21-28/h7-21,29-30,32,34H,22-25H2,1-6H3,(H,42,46). The maximum atomic E-state index is 14.6. The summed E-state index contributed by atoms with van der Waals surface area (Å²) in [7, 11) is 0. The summed E-state index contributed by atoms with van der Waals surface area (Å²) in [5, 5.41) is 3.73. The molecule has 4 unspecified atom stereocenters. The summed E-state index contributed by atoms with van der Waals surface area (Å²) in [4.78, 5) is 51.4. The minimum absolute atomic E-state index is 0.153. The highest BCUT2D eigenvalue weighted by atomic mass is 32.1. The summed E-state index contributed by atoms with van der Waals surface area (Å²) >= 11 is 1.60. The van der Waals surface area contributed by atoms with Gasteiger partial charge in [-0.15, -0.1) is 11.3 Å². The molecule has 9 nitrogen and oxygen atoms in total. The quantitative estimate of drug-likeness (QED) is 0.210. The number of hydrogen-bond donors (Lipinski definition) is 1. The van der Waals surface area contributed by atoms with Gasteiger partial charge in [0.15, 0.2) is 0 Å². The summed E-state index contributed by atoms with van der Waals surface area (Å²) in [6, 6.07) is 28.4. The van der Waals surface area contributed by atoms with Gasteiger partial charge in [0.05, 0.1) is 28.6 Å². The molecular formula is C40H46N4O5S. The van der Waals surface area contributed by atoms with Gasteiger partial charge in [-0.05, 0) is 43.7 Å². The van der Waals surface area contributed by atoms with Crippen LogP contribution in [0.15, 0.2) is 91.0 Å². The normalized spacial score (nSPS) is 19.5. The number of likely N-dealkylation sites (tertiary alicyclic amines) is 2. The zero-order valence-electron chi connectivity index (χ0n) is 29.6. The van der Waals surface area contributed by atoms with Gasteiger partial charge in [0.25, 0.3) is 0 Å². The molecular weight excluding hydrogens is 649 g/mol. The zero-order valence-corrected chi connectivity index (χ0v) is 30.4. The number of aromatic nitrogens is 1. The Morgan fingerprint density at radius 3 is 2.06 bits per heavy atom. The molecule has 0 spiro atoms. The minimum Gasteiger partial charge on any atom is -0.445 e. The molecule has 0 aliphatic carbocycles. The fourth-order valence-corrected chi connectivity index (χ4v) is 8.11. The van der Waals surface area contributed by atoms with Gasteiger partial charge in [0, 0.05) is 18.7 Å². The molecule has 2 aliphatic rings. The maximum Gasteiger partial charge on any atom is 0.410 e.